The van der Waals surface area contributed by atoms with Crippen LogP contribution in [0.2, 0.25) is 0 Å². The van der Waals surface area contributed by atoms with Crippen LogP contribution < -0.4 is 5.73 Å². The molecule has 0 bridgehead atoms. The molecule has 94 valence electrons. The summed E-state index contributed by atoms with van der Waals surface area (Å²) in [7, 11) is 0. The van der Waals surface area contributed by atoms with E-state index in [0.717, 1.165) is 51.4 Å². The zero-order valence-corrected chi connectivity index (χ0v) is 10.7. The Hall–Kier alpha value is -0.480. The molecule has 4 nitrogen and oxygen atoms in total. The van der Waals surface area contributed by atoms with Gasteiger partial charge in [0, 0.05) is 32.2 Å². The monoisotopic (exact) mass is 247 g/mol. The smallest absolute Gasteiger partial charge is 0.320 e. The minimum Gasteiger partial charge on any atom is -0.326 e. The third-order valence-corrected chi connectivity index (χ3v) is 3.55. The molecular formula is C11H22ClN3O. The lowest BCUT2D eigenvalue weighted by Crippen LogP contribution is -2.46. The Kier molecular flexibility index (Phi) is 4.87. The standard InChI is InChI=1S/C11H21N3O.ClH/c1-9-2-5-13(6-3-9)11(15)14-7-4-10(12)8-14;/h9-10H,2-8,12H2,1H3;1H/t10-;/m0./s1. The quantitative estimate of drug-likeness (QED) is 0.701. The van der Waals surface area contributed by atoms with Crippen LogP contribution in [-0.2, 0) is 0 Å². The fraction of sp³-hybridized carbons (Fsp3) is 0.909. The molecule has 2 N–H and O–H groups in total. The van der Waals surface area contributed by atoms with Crippen molar-refractivity contribution in [3.05, 3.63) is 0 Å². The molecule has 0 aromatic rings. The third-order valence-electron chi connectivity index (χ3n) is 3.55. The van der Waals surface area contributed by atoms with E-state index in [1.54, 1.807) is 0 Å². The Balaban J connectivity index is 0.00000128. The van der Waals surface area contributed by atoms with Crippen molar-refractivity contribution in [2.24, 2.45) is 11.7 Å². The van der Waals surface area contributed by atoms with Gasteiger partial charge in [0.2, 0.25) is 0 Å². The van der Waals surface area contributed by atoms with E-state index in [2.05, 4.69) is 6.92 Å². The second kappa shape index (κ2) is 5.73. The molecule has 2 aliphatic heterocycles. The number of hydrogen-bond donors (Lipinski definition) is 1. The van der Waals surface area contributed by atoms with E-state index < -0.39 is 0 Å². The van der Waals surface area contributed by atoms with Crippen LogP contribution in [0.1, 0.15) is 26.2 Å². The highest BCUT2D eigenvalue weighted by molar-refractivity contribution is 5.85. The van der Waals surface area contributed by atoms with Gasteiger partial charge in [-0.15, -0.1) is 12.4 Å². The maximum Gasteiger partial charge on any atom is 0.320 e. The van der Waals surface area contributed by atoms with Crippen LogP contribution in [-0.4, -0.2) is 48.1 Å². The van der Waals surface area contributed by atoms with Crippen molar-refractivity contribution in [2.45, 2.75) is 32.2 Å². The van der Waals surface area contributed by atoms with Crippen LogP contribution in [0.5, 0.6) is 0 Å². The number of nitrogens with zero attached hydrogens (tertiary/aromatic N) is 2. The van der Waals surface area contributed by atoms with Gasteiger partial charge in [0.1, 0.15) is 0 Å². The summed E-state index contributed by atoms with van der Waals surface area (Å²) in [6.07, 6.45) is 3.24. The predicted octanol–water partition coefficient (Wildman–Crippen LogP) is 1.29. The first-order chi connectivity index (χ1) is 7.16. The van der Waals surface area contributed by atoms with E-state index in [-0.39, 0.29) is 24.5 Å². The molecule has 0 saturated carbocycles. The summed E-state index contributed by atoms with van der Waals surface area (Å²) in [4.78, 5) is 15.9. The second-order valence-corrected chi connectivity index (χ2v) is 4.95. The van der Waals surface area contributed by atoms with Gasteiger partial charge in [0.05, 0.1) is 0 Å². The Labute approximate surface area is 104 Å². The Morgan fingerprint density at radius 2 is 1.69 bits per heavy atom. The second-order valence-electron chi connectivity index (χ2n) is 4.95. The van der Waals surface area contributed by atoms with Gasteiger partial charge in [-0.1, -0.05) is 6.92 Å². The van der Waals surface area contributed by atoms with Gasteiger partial charge in [0.15, 0.2) is 0 Å². The first-order valence-corrected chi connectivity index (χ1v) is 5.96. The summed E-state index contributed by atoms with van der Waals surface area (Å²) in [5, 5.41) is 0. The molecule has 0 unspecified atom stereocenters. The summed E-state index contributed by atoms with van der Waals surface area (Å²) >= 11 is 0. The summed E-state index contributed by atoms with van der Waals surface area (Å²) in [6, 6.07) is 0.396. The van der Waals surface area contributed by atoms with Crippen LogP contribution in [0.15, 0.2) is 0 Å². The lowest BCUT2D eigenvalue weighted by molar-refractivity contribution is 0.142. The Bertz CT molecular complexity index is 241. The van der Waals surface area contributed by atoms with Gasteiger partial charge in [-0.05, 0) is 25.2 Å². The van der Waals surface area contributed by atoms with E-state index in [4.69, 9.17) is 5.73 Å². The van der Waals surface area contributed by atoms with Crippen LogP contribution in [0.3, 0.4) is 0 Å². The zero-order chi connectivity index (χ0) is 10.8. The number of amides is 2. The van der Waals surface area contributed by atoms with Crippen LogP contribution in [0.4, 0.5) is 4.79 Å². The lowest BCUT2D eigenvalue weighted by atomic mass is 10.00. The van der Waals surface area contributed by atoms with Crippen molar-refractivity contribution < 1.29 is 4.79 Å². The minimum absolute atomic E-state index is 0. The number of carbonyl (C=O) groups is 1. The molecule has 0 spiro atoms. The van der Waals surface area contributed by atoms with Crippen molar-refractivity contribution in [2.75, 3.05) is 26.2 Å². The number of halogens is 1. The van der Waals surface area contributed by atoms with E-state index in [9.17, 15) is 4.79 Å². The fourth-order valence-corrected chi connectivity index (χ4v) is 2.36. The molecule has 0 aromatic carbocycles. The van der Waals surface area contributed by atoms with Crippen LogP contribution in [0.25, 0.3) is 0 Å². The summed E-state index contributed by atoms with van der Waals surface area (Å²) in [5.74, 6) is 0.773. The number of nitrogens with two attached hydrogens (primary N) is 1. The molecule has 16 heavy (non-hydrogen) atoms. The number of carbonyl (C=O) groups excluding carboxylic acids is 1. The molecule has 2 fully saturated rings. The van der Waals surface area contributed by atoms with Crippen molar-refractivity contribution in [3.63, 3.8) is 0 Å². The third kappa shape index (κ3) is 3.01. The summed E-state index contributed by atoms with van der Waals surface area (Å²) in [5.41, 5.74) is 5.80. The largest absolute Gasteiger partial charge is 0.326 e. The SMILES string of the molecule is CC1CCN(C(=O)N2CC[C@H](N)C2)CC1.Cl. The van der Waals surface area contributed by atoms with Crippen molar-refractivity contribution >= 4 is 18.4 Å². The molecule has 2 rings (SSSR count). The van der Waals surface area contributed by atoms with Crippen LogP contribution in [0, 0.1) is 5.92 Å². The van der Waals surface area contributed by atoms with Gasteiger partial charge in [-0.25, -0.2) is 4.79 Å². The Morgan fingerprint density at radius 3 is 2.19 bits per heavy atom. The highest BCUT2D eigenvalue weighted by Gasteiger charge is 2.29. The molecule has 2 aliphatic rings. The topological polar surface area (TPSA) is 49.6 Å². The molecule has 2 amide bonds. The van der Waals surface area contributed by atoms with Crippen molar-refractivity contribution in [1.29, 1.82) is 0 Å². The van der Waals surface area contributed by atoms with Crippen molar-refractivity contribution in [1.82, 2.24) is 9.80 Å². The molecule has 0 aromatic heterocycles. The molecular weight excluding hydrogens is 226 g/mol. The van der Waals surface area contributed by atoms with Gasteiger partial charge in [-0.2, -0.15) is 0 Å². The average molecular weight is 248 g/mol. The minimum atomic E-state index is 0. The molecule has 1 atom stereocenters. The van der Waals surface area contributed by atoms with Crippen LogP contribution >= 0.6 is 12.4 Å². The van der Waals surface area contributed by atoms with E-state index in [0.29, 0.717) is 0 Å². The number of likely N-dealkylation sites (tertiary alicyclic amines) is 2. The first kappa shape index (κ1) is 13.6. The highest BCUT2D eigenvalue weighted by Crippen LogP contribution is 2.18. The normalized spacial score (nSPS) is 26.8. The van der Waals surface area contributed by atoms with E-state index >= 15 is 0 Å². The number of piperidine rings is 1. The average Bonchev–Trinajstić information content (AvgIpc) is 2.65. The zero-order valence-electron chi connectivity index (χ0n) is 9.89. The number of hydrogen-bond acceptors (Lipinski definition) is 2. The van der Waals surface area contributed by atoms with Gasteiger partial charge in [0.25, 0.3) is 0 Å². The summed E-state index contributed by atoms with van der Waals surface area (Å²) < 4.78 is 0. The molecule has 2 heterocycles. The first-order valence-electron chi connectivity index (χ1n) is 5.96. The Morgan fingerprint density at radius 1 is 1.12 bits per heavy atom. The van der Waals surface area contributed by atoms with Gasteiger partial charge in [-0.3, -0.25) is 0 Å². The molecule has 5 heteroatoms. The fourth-order valence-electron chi connectivity index (χ4n) is 2.36. The maximum absolute atomic E-state index is 12.0. The van der Waals surface area contributed by atoms with E-state index in [1.807, 2.05) is 9.80 Å². The molecule has 0 aliphatic carbocycles. The molecule has 0 radical (unpaired) electrons. The highest BCUT2D eigenvalue weighted by atomic mass is 35.5. The number of urea groups is 1. The lowest BCUT2D eigenvalue weighted by Gasteiger charge is -2.33. The maximum atomic E-state index is 12.0. The molecule has 2 saturated heterocycles. The van der Waals surface area contributed by atoms with E-state index in [1.165, 1.54) is 0 Å². The van der Waals surface area contributed by atoms with Gasteiger partial charge < -0.3 is 15.5 Å². The number of rotatable bonds is 0. The predicted molar refractivity (Wildman–Crippen MR) is 66.8 cm³/mol. The van der Waals surface area contributed by atoms with Gasteiger partial charge >= 0.3 is 6.03 Å². The van der Waals surface area contributed by atoms with Crippen molar-refractivity contribution in [3.8, 4) is 0 Å². The summed E-state index contributed by atoms with van der Waals surface area (Å²) in [6.45, 7) is 5.68.